The van der Waals surface area contributed by atoms with Crippen LogP contribution >= 0.6 is 11.6 Å². The maximum Gasteiger partial charge on any atom is 0.198 e. The number of rotatable bonds is 3. The van der Waals surface area contributed by atoms with Crippen LogP contribution in [-0.4, -0.2) is 17.1 Å². The Morgan fingerprint density at radius 3 is 2.62 bits per heavy atom. The summed E-state index contributed by atoms with van der Waals surface area (Å²) >= 11 is 5.94. The van der Waals surface area contributed by atoms with Gasteiger partial charge >= 0.3 is 0 Å². The van der Waals surface area contributed by atoms with Crippen molar-refractivity contribution in [1.82, 2.24) is 9.97 Å². The number of hydrogen-bond acceptors (Lipinski definition) is 3. The van der Waals surface area contributed by atoms with Gasteiger partial charge in [0.15, 0.2) is 6.33 Å². The Labute approximate surface area is 128 Å². The fraction of sp³-hybridized carbons (Fsp3) is 0.0588. The van der Waals surface area contributed by atoms with Crippen LogP contribution in [0.15, 0.2) is 54.7 Å². The average Bonchev–Trinajstić information content (AvgIpc) is 2.56. The predicted octanol–water partition coefficient (Wildman–Crippen LogP) is 4.27. The summed E-state index contributed by atoms with van der Waals surface area (Å²) in [5, 5.41) is 0.699. The van der Waals surface area contributed by atoms with Gasteiger partial charge in [-0.05, 0) is 29.8 Å². The molecule has 3 nitrogen and oxygen atoms in total. The Morgan fingerprint density at radius 1 is 1.05 bits per heavy atom. The van der Waals surface area contributed by atoms with Crippen LogP contribution < -0.4 is 4.74 Å². The van der Waals surface area contributed by atoms with Crippen molar-refractivity contribution in [3.05, 3.63) is 66.1 Å². The second kappa shape index (κ2) is 5.94. The summed E-state index contributed by atoms with van der Waals surface area (Å²) in [5.74, 6) is 0.785. The molecule has 1 aromatic heterocycles. The molecule has 0 aliphatic carbocycles. The van der Waals surface area contributed by atoms with Gasteiger partial charge < -0.3 is 4.74 Å². The van der Waals surface area contributed by atoms with E-state index in [1.807, 2.05) is 48.5 Å². The van der Waals surface area contributed by atoms with Gasteiger partial charge in [0, 0.05) is 22.3 Å². The number of halogens is 1. The van der Waals surface area contributed by atoms with Crippen LogP contribution in [0.4, 0.5) is 0 Å². The molecule has 4 heteroatoms. The second-order valence-corrected chi connectivity index (χ2v) is 4.91. The minimum absolute atomic E-state index is 0.699. The molecule has 0 amide bonds. The van der Waals surface area contributed by atoms with Crippen molar-refractivity contribution >= 4 is 11.6 Å². The molecule has 0 aliphatic rings. The van der Waals surface area contributed by atoms with Crippen LogP contribution in [0.25, 0.3) is 22.4 Å². The summed E-state index contributed by atoms with van der Waals surface area (Å²) in [5.41, 5.74) is 3.70. The van der Waals surface area contributed by atoms with E-state index in [0.717, 1.165) is 28.1 Å². The quantitative estimate of drug-likeness (QED) is 0.723. The number of methoxy groups -OCH3 is 1. The van der Waals surface area contributed by atoms with E-state index in [1.165, 1.54) is 0 Å². The zero-order chi connectivity index (χ0) is 14.7. The molecule has 0 atom stereocenters. The lowest BCUT2D eigenvalue weighted by atomic mass is 10.0. The number of ether oxygens (including phenoxy) is 1. The lowest BCUT2D eigenvalue weighted by Crippen LogP contribution is -1.92. The predicted molar refractivity (Wildman–Crippen MR) is 83.3 cm³/mol. The molecular weight excluding hydrogens is 284 g/mol. The average molecular weight is 296 g/mol. The Bertz CT molecular complexity index is 757. The van der Waals surface area contributed by atoms with E-state index in [4.69, 9.17) is 16.3 Å². The molecule has 3 aromatic rings. The highest BCUT2D eigenvalue weighted by Crippen LogP contribution is 2.31. The zero-order valence-corrected chi connectivity index (χ0v) is 12.1. The van der Waals surface area contributed by atoms with Gasteiger partial charge in [0.2, 0.25) is 0 Å². The molecule has 0 fully saturated rings. The summed E-state index contributed by atoms with van der Waals surface area (Å²) in [7, 11) is 1.64. The summed E-state index contributed by atoms with van der Waals surface area (Å²) in [6.45, 7) is 0. The smallest absolute Gasteiger partial charge is 0.198 e. The van der Waals surface area contributed by atoms with E-state index in [-0.39, 0.29) is 0 Å². The highest BCUT2D eigenvalue weighted by molar-refractivity contribution is 6.30. The largest absolute Gasteiger partial charge is 0.497 e. The molecule has 2 aromatic carbocycles. The van der Waals surface area contributed by atoms with Gasteiger partial charge in [0.05, 0.1) is 12.8 Å². The molecule has 1 heterocycles. The van der Waals surface area contributed by atoms with E-state index in [1.54, 1.807) is 13.3 Å². The molecule has 0 bridgehead atoms. The summed E-state index contributed by atoms with van der Waals surface area (Å²) in [6.07, 6.45) is 4.41. The zero-order valence-electron chi connectivity index (χ0n) is 11.4. The third-order valence-corrected chi connectivity index (χ3v) is 3.42. The fourth-order valence-corrected chi connectivity index (χ4v) is 2.25. The molecule has 0 saturated carbocycles. The highest BCUT2D eigenvalue weighted by Gasteiger charge is 2.10. The molecule has 0 N–H and O–H groups in total. The summed E-state index contributed by atoms with van der Waals surface area (Å²) < 4.78 is 5.27. The Kier molecular flexibility index (Phi) is 3.84. The summed E-state index contributed by atoms with van der Waals surface area (Å²) in [4.78, 5) is 8.31. The van der Waals surface area contributed by atoms with Crippen molar-refractivity contribution in [1.29, 1.82) is 0 Å². The SMILES string of the molecule is COc1cccc(-c2n[c]ncc2-c2ccc(Cl)cc2)c1. The van der Waals surface area contributed by atoms with E-state index < -0.39 is 0 Å². The van der Waals surface area contributed by atoms with Crippen LogP contribution in [0, 0.1) is 6.33 Å². The monoisotopic (exact) mass is 295 g/mol. The Balaban J connectivity index is 2.13. The highest BCUT2D eigenvalue weighted by atomic mass is 35.5. The summed E-state index contributed by atoms with van der Waals surface area (Å²) in [6, 6.07) is 15.4. The van der Waals surface area contributed by atoms with Crippen LogP contribution in [-0.2, 0) is 0 Å². The number of hydrogen-bond donors (Lipinski definition) is 0. The van der Waals surface area contributed by atoms with E-state index in [0.29, 0.717) is 5.02 Å². The van der Waals surface area contributed by atoms with Crippen molar-refractivity contribution in [2.75, 3.05) is 7.11 Å². The van der Waals surface area contributed by atoms with E-state index >= 15 is 0 Å². The van der Waals surface area contributed by atoms with E-state index in [9.17, 15) is 0 Å². The van der Waals surface area contributed by atoms with Crippen molar-refractivity contribution in [3.8, 4) is 28.1 Å². The molecule has 3 rings (SSSR count). The van der Waals surface area contributed by atoms with E-state index in [2.05, 4.69) is 16.3 Å². The van der Waals surface area contributed by atoms with Crippen LogP contribution in [0.5, 0.6) is 5.75 Å². The van der Waals surface area contributed by atoms with Crippen LogP contribution in [0.2, 0.25) is 5.02 Å². The first-order chi connectivity index (χ1) is 10.3. The first-order valence-corrected chi connectivity index (χ1v) is 6.79. The molecule has 0 saturated heterocycles. The standard InChI is InChI=1S/C17H12ClN2O/c1-21-15-4-2-3-13(9-15)17-16(10-19-11-20-17)12-5-7-14(18)8-6-12/h2-10H,1H3. The van der Waals surface area contributed by atoms with Crippen molar-refractivity contribution in [2.24, 2.45) is 0 Å². The topological polar surface area (TPSA) is 35.0 Å². The maximum atomic E-state index is 5.94. The molecular formula is C17H12ClN2O. The lowest BCUT2D eigenvalue weighted by Gasteiger charge is -2.09. The second-order valence-electron chi connectivity index (χ2n) is 4.47. The Hall–Kier alpha value is -2.39. The van der Waals surface area contributed by atoms with Gasteiger partial charge in [-0.3, -0.25) is 0 Å². The molecule has 1 radical (unpaired) electrons. The minimum Gasteiger partial charge on any atom is -0.497 e. The van der Waals surface area contributed by atoms with Crippen molar-refractivity contribution in [2.45, 2.75) is 0 Å². The number of aromatic nitrogens is 2. The maximum absolute atomic E-state index is 5.94. The van der Waals surface area contributed by atoms with Gasteiger partial charge in [-0.15, -0.1) is 0 Å². The normalized spacial score (nSPS) is 10.4. The minimum atomic E-state index is 0.699. The van der Waals surface area contributed by atoms with Crippen LogP contribution in [0.1, 0.15) is 0 Å². The van der Waals surface area contributed by atoms with Gasteiger partial charge in [-0.1, -0.05) is 35.9 Å². The molecule has 0 aliphatic heterocycles. The third-order valence-electron chi connectivity index (χ3n) is 3.17. The van der Waals surface area contributed by atoms with Crippen molar-refractivity contribution in [3.63, 3.8) is 0 Å². The van der Waals surface area contributed by atoms with Crippen molar-refractivity contribution < 1.29 is 4.74 Å². The first kappa shape index (κ1) is 13.6. The van der Waals surface area contributed by atoms with Gasteiger partial charge in [-0.2, -0.15) is 0 Å². The number of benzene rings is 2. The van der Waals surface area contributed by atoms with Crippen LogP contribution in [0.3, 0.4) is 0 Å². The third kappa shape index (κ3) is 2.88. The first-order valence-electron chi connectivity index (χ1n) is 6.41. The Morgan fingerprint density at radius 2 is 1.86 bits per heavy atom. The van der Waals surface area contributed by atoms with Gasteiger partial charge in [-0.25, -0.2) is 9.97 Å². The lowest BCUT2D eigenvalue weighted by molar-refractivity contribution is 0.415. The molecule has 21 heavy (non-hydrogen) atoms. The molecule has 0 spiro atoms. The molecule has 0 unspecified atom stereocenters. The molecule has 103 valence electrons. The van der Waals surface area contributed by atoms with Gasteiger partial charge in [0.25, 0.3) is 0 Å². The van der Waals surface area contributed by atoms with Gasteiger partial charge in [0.1, 0.15) is 5.75 Å². The number of nitrogens with zero attached hydrogens (tertiary/aromatic N) is 2. The fourth-order valence-electron chi connectivity index (χ4n) is 2.12.